The van der Waals surface area contributed by atoms with Gasteiger partial charge in [0.1, 0.15) is 11.5 Å². The van der Waals surface area contributed by atoms with Crippen LogP contribution in [0.25, 0.3) is 0 Å². The van der Waals surface area contributed by atoms with Crippen LogP contribution < -0.4 is 15.0 Å². The average Bonchev–Trinajstić information content (AvgIpc) is 3.10. The first-order valence-electron chi connectivity index (χ1n) is 10.3. The summed E-state index contributed by atoms with van der Waals surface area (Å²) >= 11 is 0. The molecule has 0 fully saturated rings. The topological polar surface area (TPSA) is 75.7 Å². The highest BCUT2D eigenvalue weighted by molar-refractivity contribution is 6.34. The summed E-state index contributed by atoms with van der Waals surface area (Å²) in [7, 11) is 0. The van der Waals surface area contributed by atoms with Crippen molar-refractivity contribution in [1.82, 2.24) is 0 Å². The fraction of sp³-hybridized carbons (Fsp3) is 0. The lowest BCUT2D eigenvalue weighted by Gasteiger charge is -2.16. The lowest BCUT2D eigenvalue weighted by Crippen LogP contribution is -2.29. The van der Waals surface area contributed by atoms with Crippen LogP contribution >= 0.6 is 0 Å². The minimum atomic E-state index is -0.388. The second-order valence-electron chi connectivity index (χ2n) is 7.41. The molecule has 1 N–H and O–H groups in total. The number of amides is 3. The highest BCUT2D eigenvalue weighted by atomic mass is 16.5. The van der Waals surface area contributed by atoms with Gasteiger partial charge in [-0.1, -0.05) is 48.5 Å². The predicted molar refractivity (Wildman–Crippen MR) is 125 cm³/mol. The number of imide groups is 1. The highest BCUT2D eigenvalue weighted by Crippen LogP contribution is 2.30. The quantitative estimate of drug-likeness (QED) is 0.419. The summed E-state index contributed by atoms with van der Waals surface area (Å²) in [6.07, 6.45) is 0. The summed E-state index contributed by atoms with van der Waals surface area (Å²) in [4.78, 5) is 39.7. The van der Waals surface area contributed by atoms with E-state index in [-0.39, 0.29) is 17.7 Å². The molecule has 0 aromatic heterocycles. The van der Waals surface area contributed by atoms with Crippen LogP contribution in [0.4, 0.5) is 11.4 Å². The van der Waals surface area contributed by atoms with Crippen molar-refractivity contribution in [3.8, 4) is 11.5 Å². The molecule has 33 heavy (non-hydrogen) atoms. The van der Waals surface area contributed by atoms with E-state index in [0.717, 1.165) is 4.90 Å². The van der Waals surface area contributed by atoms with Crippen molar-refractivity contribution in [3.05, 3.63) is 120 Å². The Kier molecular flexibility index (Phi) is 5.16. The fourth-order valence-corrected chi connectivity index (χ4v) is 3.70. The Hall–Kier alpha value is -4.71. The Morgan fingerprint density at radius 1 is 0.697 bits per heavy atom. The number of rotatable bonds is 5. The first kappa shape index (κ1) is 20.2. The third-order valence-corrected chi connectivity index (χ3v) is 5.26. The third kappa shape index (κ3) is 3.85. The normalized spacial score (nSPS) is 12.4. The number of para-hydroxylation sites is 2. The summed E-state index contributed by atoms with van der Waals surface area (Å²) in [5.41, 5.74) is 1.91. The number of nitrogens with one attached hydrogen (secondary N) is 1. The van der Waals surface area contributed by atoms with E-state index in [4.69, 9.17) is 4.74 Å². The number of benzene rings is 4. The zero-order chi connectivity index (χ0) is 22.8. The molecule has 0 unspecified atom stereocenters. The van der Waals surface area contributed by atoms with E-state index in [2.05, 4.69) is 5.32 Å². The van der Waals surface area contributed by atoms with E-state index in [0.29, 0.717) is 39.6 Å². The predicted octanol–water partition coefficient (Wildman–Crippen LogP) is 5.53. The Balaban J connectivity index is 1.39. The van der Waals surface area contributed by atoms with Crippen LogP contribution in [0, 0.1) is 0 Å². The zero-order valence-electron chi connectivity index (χ0n) is 17.4. The van der Waals surface area contributed by atoms with Gasteiger partial charge in [0.05, 0.1) is 22.4 Å². The Morgan fingerprint density at radius 3 is 2.06 bits per heavy atom. The van der Waals surface area contributed by atoms with Gasteiger partial charge in [-0.05, 0) is 54.6 Å². The van der Waals surface area contributed by atoms with E-state index >= 15 is 0 Å². The van der Waals surface area contributed by atoms with Gasteiger partial charge in [0.15, 0.2) is 0 Å². The summed E-state index contributed by atoms with van der Waals surface area (Å²) in [6, 6.07) is 29.5. The molecule has 160 valence electrons. The highest BCUT2D eigenvalue weighted by Gasteiger charge is 2.36. The van der Waals surface area contributed by atoms with Crippen molar-refractivity contribution in [1.29, 1.82) is 0 Å². The van der Waals surface area contributed by atoms with E-state index in [1.54, 1.807) is 84.9 Å². The third-order valence-electron chi connectivity index (χ3n) is 5.26. The van der Waals surface area contributed by atoms with Crippen LogP contribution in [0.3, 0.4) is 0 Å². The second-order valence-corrected chi connectivity index (χ2v) is 7.41. The molecule has 1 aliphatic rings. The zero-order valence-corrected chi connectivity index (χ0v) is 17.4. The molecule has 0 spiro atoms. The van der Waals surface area contributed by atoms with Crippen molar-refractivity contribution >= 4 is 29.1 Å². The lowest BCUT2D eigenvalue weighted by atomic mass is 10.1. The monoisotopic (exact) mass is 434 g/mol. The lowest BCUT2D eigenvalue weighted by molar-refractivity contribution is 0.0925. The van der Waals surface area contributed by atoms with Crippen LogP contribution in [0.2, 0.25) is 0 Å². The van der Waals surface area contributed by atoms with Gasteiger partial charge in [0, 0.05) is 5.69 Å². The smallest absolute Gasteiger partial charge is 0.266 e. The number of carbonyl (C=O) groups is 3. The minimum absolute atomic E-state index is 0.354. The van der Waals surface area contributed by atoms with Gasteiger partial charge in [-0.2, -0.15) is 0 Å². The van der Waals surface area contributed by atoms with Crippen LogP contribution in [0.5, 0.6) is 11.5 Å². The number of hydrogen-bond acceptors (Lipinski definition) is 4. The molecule has 3 amide bonds. The minimum Gasteiger partial charge on any atom is -0.457 e. The van der Waals surface area contributed by atoms with Crippen LogP contribution in [-0.2, 0) is 0 Å². The number of anilines is 2. The van der Waals surface area contributed by atoms with Crippen molar-refractivity contribution in [2.24, 2.45) is 0 Å². The number of carbonyl (C=O) groups excluding carboxylic acids is 3. The molecular weight excluding hydrogens is 416 g/mol. The van der Waals surface area contributed by atoms with Gasteiger partial charge >= 0.3 is 0 Å². The van der Waals surface area contributed by atoms with Gasteiger partial charge in [0.25, 0.3) is 17.7 Å². The number of hydrogen-bond donors (Lipinski definition) is 1. The molecule has 4 aromatic rings. The fourth-order valence-electron chi connectivity index (χ4n) is 3.70. The van der Waals surface area contributed by atoms with Gasteiger partial charge in [0.2, 0.25) is 0 Å². The SMILES string of the molecule is O=C(Nc1cccc(N2C(=O)c3ccccc3C2=O)c1)c1ccccc1Oc1ccccc1. The summed E-state index contributed by atoms with van der Waals surface area (Å²) in [5.74, 6) is -0.120. The molecule has 0 atom stereocenters. The van der Waals surface area contributed by atoms with Crippen LogP contribution in [0.15, 0.2) is 103 Å². The van der Waals surface area contributed by atoms with Crippen LogP contribution in [0.1, 0.15) is 31.1 Å². The molecule has 0 saturated carbocycles. The molecule has 0 aliphatic carbocycles. The second kappa shape index (κ2) is 8.43. The molecule has 1 heterocycles. The number of ether oxygens (including phenoxy) is 1. The van der Waals surface area contributed by atoms with E-state index in [1.807, 2.05) is 18.2 Å². The van der Waals surface area contributed by atoms with Crippen molar-refractivity contribution in [2.45, 2.75) is 0 Å². The molecule has 6 heteroatoms. The van der Waals surface area contributed by atoms with Crippen molar-refractivity contribution in [2.75, 3.05) is 10.2 Å². The Labute approximate surface area is 190 Å². The molecule has 5 rings (SSSR count). The van der Waals surface area contributed by atoms with E-state index < -0.39 is 0 Å². The van der Waals surface area contributed by atoms with Gasteiger partial charge in [-0.3, -0.25) is 14.4 Å². The van der Waals surface area contributed by atoms with E-state index in [9.17, 15) is 14.4 Å². The summed E-state index contributed by atoms with van der Waals surface area (Å²) < 4.78 is 5.88. The molecule has 1 aliphatic heterocycles. The largest absolute Gasteiger partial charge is 0.457 e. The molecule has 0 bridgehead atoms. The summed E-state index contributed by atoms with van der Waals surface area (Å²) in [6.45, 7) is 0. The average molecular weight is 434 g/mol. The maximum absolute atomic E-state index is 13.0. The first-order chi connectivity index (χ1) is 16.1. The first-order valence-corrected chi connectivity index (χ1v) is 10.3. The molecule has 4 aromatic carbocycles. The molecule has 0 saturated heterocycles. The molecule has 0 radical (unpaired) electrons. The van der Waals surface area contributed by atoms with Crippen LogP contribution in [-0.4, -0.2) is 17.7 Å². The maximum Gasteiger partial charge on any atom is 0.266 e. The van der Waals surface area contributed by atoms with Gasteiger partial charge < -0.3 is 10.1 Å². The van der Waals surface area contributed by atoms with E-state index in [1.165, 1.54) is 0 Å². The standard InChI is InChI=1S/C27H18N2O4/c30-25(23-15-6-7-16-24(23)33-20-11-2-1-3-12-20)28-18-9-8-10-19(17-18)29-26(31)21-13-4-5-14-22(21)27(29)32/h1-17H,(H,28,30). The Morgan fingerprint density at radius 2 is 1.33 bits per heavy atom. The number of nitrogens with zero attached hydrogens (tertiary/aromatic N) is 1. The van der Waals surface area contributed by atoms with Crippen molar-refractivity contribution < 1.29 is 19.1 Å². The molecular formula is C27H18N2O4. The molecule has 6 nitrogen and oxygen atoms in total. The van der Waals surface area contributed by atoms with Gasteiger partial charge in [-0.15, -0.1) is 0 Å². The Bertz CT molecular complexity index is 1350. The van der Waals surface area contributed by atoms with Crippen molar-refractivity contribution in [3.63, 3.8) is 0 Å². The summed E-state index contributed by atoms with van der Waals surface area (Å²) in [5, 5.41) is 2.83. The maximum atomic E-state index is 13.0. The van der Waals surface area contributed by atoms with Gasteiger partial charge in [-0.25, -0.2) is 4.90 Å². The number of fused-ring (bicyclic) bond motifs is 1.